The molecule has 0 bridgehead atoms. The second kappa shape index (κ2) is 9.84. The molecule has 0 aliphatic heterocycles. The quantitative estimate of drug-likeness (QED) is 0.407. The summed E-state index contributed by atoms with van der Waals surface area (Å²) < 4.78 is 5.74. The first kappa shape index (κ1) is 17.3. The Morgan fingerprint density at radius 1 is 1.05 bits per heavy atom. The highest BCUT2D eigenvalue weighted by Gasteiger charge is 2.20. The Labute approximate surface area is 136 Å². The van der Waals surface area contributed by atoms with Gasteiger partial charge < -0.3 is 4.74 Å². The summed E-state index contributed by atoms with van der Waals surface area (Å²) in [5.74, 6) is 1.58. The average molecular weight is 300 g/mol. The largest absolute Gasteiger partial charge is 0.377 e. The van der Waals surface area contributed by atoms with Crippen LogP contribution >= 0.6 is 0 Å². The van der Waals surface area contributed by atoms with E-state index >= 15 is 0 Å². The van der Waals surface area contributed by atoms with Gasteiger partial charge in [0.25, 0.3) is 0 Å². The number of rotatable bonds is 8. The van der Waals surface area contributed by atoms with Crippen LogP contribution in [0.25, 0.3) is 0 Å². The van der Waals surface area contributed by atoms with Crippen LogP contribution in [0, 0.1) is 5.92 Å². The lowest BCUT2D eigenvalue weighted by molar-refractivity contribution is 0.117. The molecular formula is C21H32O. The Balaban J connectivity index is 1.75. The van der Waals surface area contributed by atoms with E-state index in [0.29, 0.717) is 0 Å². The van der Waals surface area contributed by atoms with Crippen molar-refractivity contribution in [3.8, 4) is 0 Å². The van der Waals surface area contributed by atoms with Crippen LogP contribution in [0.4, 0.5) is 0 Å². The van der Waals surface area contributed by atoms with Gasteiger partial charge in [-0.05, 0) is 62.0 Å². The molecule has 0 amide bonds. The summed E-state index contributed by atoms with van der Waals surface area (Å²) in [6.45, 7) is 6.02. The maximum Gasteiger partial charge on any atom is 0.0716 e. The van der Waals surface area contributed by atoms with Gasteiger partial charge >= 0.3 is 0 Å². The van der Waals surface area contributed by atoms with Crippen LogP contribution in [0.15, 0.2) is 36.4 Å². The van der Waals surface area contributed by atoms with Gasteiger partial charge in [-0.3, -0.25) is 0 Å². The minimum Gasteiger partial charge on any atom is -0.377 e. The Hall–Kier alpha value is -1.08. The van der Waals surface area contributed by atoms with Crippen LogP contribution in [-0.2, 0) is 11.3 Å². The molecule has 0 heterocycles. The van der Waals surface area contributed by atoms with Crippen molar-refractivity contribution in [2.75, 3.05) is 6.61 Å². The molecule has 0 N–H and O–H groups in total. The summed E-state index contributed by atoms with van der Waals surface area (Å²) in [7, 11) is 0. The van der Waals surface area contributed by atoms with Gasteiger partial charge in [-0.2, -0.15) is 0 Å². The maximum absolute atomic E-state index is 5.74. The first-order valence-corrected chi connectivity index (χ1v) is 9.13. The molecule has 1 fully saturated rings. The van der Waals surface area contributed by atoms with E-state index < -0.39 is 0 Å². The van der Waals surface area contributed by atoms with Gasteiger partial charge in [-0.1, -0.05) is 56.2 Å². The zero-order chi connectivity index (χ0) is 15.6. The second-order valence-electron chi connectivity index (χ2n) is 6.64. The summed E-state index contributed by atoms with van der Waals surface area (Å²) in [6, 6.07) is 9.16. The molecule has 0 unspecified atom stereocenters. The lowest BCUT2D eigenvalue weighted by atomic mass is 9.78. The van der Waals surface area contributed by atoms with E-state index in [-0.39, 0.29) is 0 Å². The third-order valence-corrected chi connectivity index (χ3v) is 4.85. The molecule has 0 saturated heterocycles. The van der Waals surface area contributed by atoms with Crippen LogP contribution in [0.1, 0.15) is 75.8 Å². The van der Waals surface area contributed by atoms with Gasteiger partial charge in [0.2, 0.25) is 0 Å². The first-order chi connectivity index (χ1) is 10.8. The fourth-order valence-corrected chi connectivity index (χ4v) is 3.45. The van der Waals surface area contributed by atoms with Gasteiger partial charge in [-0.25, -0.2) is 0 Å². The molecule has 1 saturated carbocycles. The molecule has 1 heteroatoms. The summed E-state index contributed by atoms with van der Waals surface area (Å²) in [4.78, 5) is 0. The summed E-state index contributed by atoms with van der Waals surface area (Å²) in [5.41, 5.74) is 2.83. The maximum atomic E-state index is 5.74. The third kappa shape index (κ3) is 5.61. The van der Waals surface area contributed by atoms with Crippen molar-refractivity contribution in [2.45, 2.75) is 71.3 Å². The predicted molar refractivity (Wildman–Crippen MR) is 95.1 cm³/mol. The Bertz CT molecular complexity index is 424. The molecule has 0 aromatic heterocycles. The van der Waals surface area contributed by atoms with Crippen LogP contribution in [0.3, 0.4) is 0 Å². The fraction of sp³-hybridized carbons (Fsp3) is 0.619. The number of hydrogen-bond donors (Lipinski definition) is 0. The summed E-state index contributed by atoms with van der Waals surface area (Å²) >= 11 is 0. The van der Waals surface area contributed by atoms with Gasteiger partial charge in [0.05, 0.1) is 6.61 Å². The highest BCUT2D eigenvalue weighted by atomic mass is 16.5. The minimum atomic E-state index is 0.762. The van der Waals surface area contributed by atoms with Gasteiger partial charge in [0.1, 0.15) is 0 Å². The van der Waals surface area contributed by atoms with Crippen molar-refractivity contribution >= 4 is 0 Å². The molecule has 1 aromatic rings. The van der Waals surface area contributed by atoms with Gasteiger partial charge in [0.15, 0.2) is 0 Å². The summed E-state index contributed by atoms with van der Waals surface area (Å²) in [6.07, 6.45) is 13.7. The van der Waals surface area contributed by atoms with Crippen molar-refractivity contribution in [2.24, 2.45) is 5.92 Å². The number of hydrogen-bond acceptors (Lipinski definition) is 1. The molecule has 1 aliphatic carbocycles. The average Bonchev–Trinajstić information content (AvgIpc) is 2.56. The van der Waals surface area contributed by atoms with E-state index in [1.54, 1.807) is 0 Å². The van der Waals surface area contributed by atoms with E-state index in [0.717, 1.165) is 25.0 Å². The van der Waals surface area contributed by atoms with Crippen molar-refractivity contribution in [1.29, 1.82) is 0 Å². The lowest BCUT2D eigenvalue weighted by Crippen LogP contribution is -2.11. The minimum absolute atomic E-state index is 0.762. The van der Waals surface area contributed by atoms with Crippen LogP contribution in [-0.4, -0.2) is 6.61 Å². The van der Waals surface area contributed by atoms with Gasteiger partial charge in [0, 0.05) is 6.61 Å². The van der Waals surface area contributed by atoms with E-state index in [9.17, 15) is 0 Å². The molecule has 0 radical (unpaired) electrons. The summed E-state index contributed by atoms with van der Waals surface area (Å²) in [5, 5.41) is 0. The van der Waals surface area contributed by atoms with Crippen LogP contribution in [0.5, 0.6) is 0 Å². The van der Waals surface area contributed by atoms with Crippen molar-refractivity contribution in [3.05, 3.63) is 47.5 Å². The zero-order valence-electron chi connectivity index (χ0n) is 14.4. The van der Waals surface area contributed by atoms with E-state index in [2.05, 4.69) is 50.3 Å². The number of ether oxygens (including phenoxy) is 1. The topological polar surface area (TPSA) is 9.23 Å². The number of allylic oxidation sites excluding steroid dienone is 2. The smallest absolute Gasteiger partial charge is 0.0716 e. The Morgan fingerprint density at radius 3 is 2.41 bits per heavy atom. The second-order valence-corrected chi connectivity index (χ2v) is 6.64. The molecule has 0 spiro atoms. The van der Waals surface area contributed by atoms with E-state index in [1.807, 2.05) is 0 Å². The number of unbranched alkanes of at least 4 members (excludes halogenated alkanes) is 2. The normalized spacial score (nSPS) is 22.3. The highest BCUT2D eigenvalue weighted by molar-refractivity contribution is 5.25. The fourth-order valence-electron chi connectivity index (χ4n) is 3.45. The molecule has 122 valence electrons. The number of benzene rings is 1. The van der Waals surface area contributed by atoms with E-state index in [1.165, 1.54) is 56.1 Å². The highest BCUT2D eigenvalue weighted by Crippen LogP contribution is 2.36. The predicted octanol–water partition coefficient (Wildman–Crippen LogP) is 6.24. The van der Waals surface area contributed by atoms with Crippen LogP contribution in [0.2, 0.25) is 0 Å². The Kier molecular flexibility index (Phi) is 7.73. The van der Waals surface area contributed by atoms with Crippen molar-refractivity contribution in [1.82, 2.24) is 0 Å². The van der Waals surface area contributed by atoms with Crippen LogP contribution < -0.4 is 0 Å². The lowest BCUT2D eigenvalue weighted by Gasteiger charge is -2.27. The zero-order valence-corrected chi connectivity index (χ0v) is 14.4. The Morgan fingerprint density at radius 2 is 1.77 bits per heavy atom. The van der Waals surface area contributed by atoms with E-state index in [4.69, 9.17) is 4.74 Å². The SMILES string of the molecule is CC=C[C@H]1CC[C@H](c2ccc(COCCCCC)cc2)CC1. The van der Waals surface area contributed by atoms with Crippen molar-refractivity contribution < 1.29 is 4.74 Å². The molecule has 2 rings (SSSR count). The molecule has 0 atom stereocenters. The molecule has 1 aliphatic rings. The molecule has 1 nitrogen and oxygen atoms in total. The first-order valence-electron chi connectivity index (χ1n) is 9.13. The monoisotopic (exact) mass is 300 g/mol. The molecule has 1 aromatic carbocycles. The standard InChI is InChI=1S/C21H32O/c1-3-5-6-16-22-17-19-10-14-21(15-11-19)20-12-8-18(7-4-2)9-13-20/h4,7,10-11,14-15,18,20H,3,5-6,8-9,12-13,16-17H2,1-2H3/t18-,20-. The molecule has 22 heavy (non-hydrogen) atoms. The third-order valence-electron chi connectivity index (χ3n) is 4.85. The van der Waals surface area contributed by atoms with Crippen molar-refractivity contribution in [3.63, 3.8) is 0 Å². The molecular weight excluding hydrogens is 268 g/mol. The van der Waals surface area contributed by atoms with Gasteiger partial charge in [-0.15, -0.1) is 0 Å².